The van der Waals surface area contributed by atoms with Crippen LogP contribution in [0.15, 0.2) is 11.6 Å². The summed E-state index contributed by atoms with van der Waals surface area (Å²) in [5.41, 5.74) is 0. The maximum Gasteiger partial charge on any atom is 0.323 e. The molecule has 0 aromatic carbocycles. The molecule has 0 saturated carbocycles. The largest absolute Gasteiger partial charge is 0.373 e. The number of ether oxygens (including phenoxy) is 1. The number of hydrogen-bond donors (Lipinski definition) is 2. The number of nitrogens with zero attached hydrogens (tertiary/aromatic N) is 2. The number of amides is 3. The average molecular weight is 284 g/mol. The summed E-state index contributed by atoms with van der Waals surface area (Å²) in [7, 11) is 0. The molecular weight excluding hydrogens is 268 g/mol. The third kappa shape index (κ3) is 4.18. The zero-order valence-corrected chi connectivity index (χ0v) is 11.4. The SMILES string of the molecule is CC(=O)NCC1CN(C(=O)Nc2nccs2)CCO1. The van der Waals surface area contributed by atoms with Gasteiger partial charge in [-0.3, -0.25) is 10.1 Å². The second-order valence-electron chi connectivity index (χ2n) is 4.14. The highest BCUT2D eigenvalue weighted by molar-refractivity contribution is 7.13. The summed E-state index contributed by atoms with van der Waals surface area (Å²) in [4.78, 5) is 28.5. The fourth-order valence-electron chi connectivity index (χ4n) is 1.74. The van der Waals surface area contributed by atoms with Crippen LogP contribution in [0.1, 0.15) is 6.92 Å². The van der Waals surface area contributed by atoms with Gasteiger partial charge < -0.3 is 15.0 Å². The second-order valence-corrected chi connectivity index (χ2v) is 5.04. The molecule has 2 rings (SSSR count). The van der Waals surface area contributed by atoms with E-state index in [1.807, 2.05) is 0 Å². The zero-order valence-electron chi connectivity index (χ0n) is 10.6. The first-order valence-electron chi connectivity index (χ1n) is 5.96. The Morgan fingerprint density at radius 1 is 1.63 bits per heavy atom. The predicted octanol–water partition coefficient (Wildman–Crippen LogP) is 0.512. The van der Waals surface area contributed by atoms with Crippen molar-refractivity contribution >= 4 is 28.4 Å². The number of nitrogens with one attached hydrogen (secondary N) is 2. The van der Waals surface area contributed by atoms with Gasteiger partial charge in [-0.05, 0) is 0 Å². The summed E-state index contributed by atoms with van der Waals surface area (Å²) in [6, 6.07) is -0.189. The van der Waals surface area contributed by atoms with E-state index in [1.54, 1.807) is 16.5 Å². The highest BCUT2D eigenvalue weighted by atomic mass is 32.1. The molecule has 0 bridgehead atoms. The third-order valence-corrected chi connectivity index (χ3v) is 3.34. The van der Waals surface area contributed by atoms with Gasteiger partial charge in [0, 0.05) is 31.6 Å². The number of hydrogen-bond acceptors (Lipinski definition) is 5. The van der Waals surface area contributed by atoms with Crippen LogP contribution in [0.5, 0.6) is 0 Å². The van der Waals surface area contributed by atoms with E-state index >= 15 is 0 Å². The van der Waals surface area contributed by atoms with Gasteiger partial charge in [0.05, 0.1) is 19.3 Å². The van der Waals surface area contributed by atoms with Crippen molar-refractivity contribution in [3.05, 3.63) is 11.6 Å². The average Bonchev–Trinajstić information content (AvgIpc) is 2.89. The highest BCUT2D eigenvalue weighted by Crippen LogP contribution is 2.12. The molecule has 1 aliphatic heterocycles. The van der Waals surface area contributed by atoms with Crippen molar-refractivity contribution in [1.29, 1.82) is 0 Å². The molecular formula is C11H16N4O3S. The summed E-state index contributed by atoms with van der Waals surface area (Å²) < 4.78 is 5.49. The van der Waals surface area contributed by atoms with Gasteiger partial charge in [-0.1, -0.05) is 0 Å². The molecule has 1 aromatic heterocycles. The summed E-state index contributed by atoms with van der Waals surface area (Å²) in [6.45, 7) is 3.33. The lowest BCUT2D eigenvalue weighted by molar-refractivity contribution is -0.120. The molecule has 19 heavy (non-hydrogen) atoms. The fraction of sp³-hybridized carbons (Fsp3) is 0.545. The molecule has 0 aliphatic carbocycles. The molecule has 0 spiro atoms. The Balaban J connectivity index is 1.82. The lowest BCUT2D eigenvalue weighted by Crippen LogP contribution is -2.50. The van der Waals surface area contributed by atoms with Crippen molar-refractivity contribution in [2.45, 2.75) is 13.0 Å². The number of aromatic nitrogens is 1. The summed E-state index contributed by atoms with van der Waals surface area (Å²) in [6.07, 6.45) is 1.47. The van der Waals surface area contributed by atoms with Gasteiger partial charge in [0.2, 0.25) is 5.91 Å². The van der Waals surface area contributed by atoms with Crippen LogP contribution in [0, 0.1) is 0 Å². The highest BCUT2D eigenvalue weighted by Gasteiger charge is 2.24. The Kier molecular flexibility index (Phi) is 4.69. The molecule has 2 heterocycles. The molecule has 104 valence electrons. The van der Waals surface area contributed by atoms with E-state index in [2.05, 4.69) is 15.6 Å². The minimum atomic E-state index is -0.189. The van der Waals surface area contributed by atoms with Crippen molar-refractivity contribution in [2.24, 2.45) is 0 Å². The molecule has 1 aromatic rings. The van der Waals surface area contributed by atoms with Gasteiger partial charge in [-0.25, -0.2) is 9.78 Å². The van der Waals surface area contributed by atoms with E-state index < -0.39 is 0 Å². The zero-order chi connectivity index (χ0) is 13.7. The van der Waals surface area contributed by atoms with Gasteiger partial charge in [0.25, 0.3) is 0 Å². The van der Waals surface area contributed by atoms with E-state index in [1.165, 1.54) is 18.3 Å². The van der Waals surface area contributed by atoms with Gasteiger partial charge in [0.1, 0.15) is 0 Å². The van der Waals surface area contributed by atoms with Crippen LogP contribution in [0.3, 0.4) is 0 Å². The minimum Gasteiger partial charge on any atom is -0.373 e. The van der Waals surface area contributed by atoms with Gasteiger partial charge in [-0.15, -0.1) is 11.3 Å². The lowest BCUT2D eigenvalue weighted by atomic mass is 10.3. The van der Waals surface area contributed by atoms with Crippen molar-refractivity contribution in [3.63, 3.8) is 0 Å². The normalized spacial score (nSPS) is 19.0. The van der Waals surface area contributed by atoms with Crippen molar-refractivity contribution < 1.29 is 14.3 Å². The van der Waals surface area contributed by atoms with E-state index in [0.29, 0.717) is 31.4 Å². The maximum atomic E-state index is 12.0. The first kappa shape index (κ1) is 13.8. The third-order valence-electron chi connectivity index (χ3n) is 2.65. The monoisotopic (exact) mass is 284 g/mol. The molecule has 3 amide bonds. The van der Waals surface area contributed by atoms with Crippen LogP contribution in [-0.4, -0.2) is 54.2 Å². The Morgan fingerprint density at radius 3 is 3.16 bits per heavy atom. The number of morpholine rings is 1. The minimum absolute atomic E-state index is 0.104. The standard InChI is InChI=1S/C11H16N4O3S/c1-8(16)13-6-9-7-15(3-4-18-9)11(17)14-10-12-2-5-19-10/h2,5,9H,3-4,6-7H2,1H3,(H,13,16)(H,12,14,17). The molecule has 1 saturated heterocycles. The smallest absolute Gasteiger partial charge is 0.323 e. The molecule has 0 radical (unpaired) electrons. The number of carbonyl (C=O) groups excluding carboxylic acids is 2. The molecule has 1 aliphatic rings. The summed E-state index contributed by atoms with van der Waals surface area (Å²) in [5.74, 6) is -0.104. The first-order valence-corrected chi connectivity index (χ1v) is 6.84. The van der Waals surface area contributed by atoms with E-state index in [9.17, 15) is 9.59 Å². The van der Waals surface area contributed by atoms with Gasteiger partial charge in [-0.2, -0.15) is 0 Å². The predicted molar refractivity (Wildman–Crippen MR) is 71.1 cm³/mol. The van der Waals surface area contributed by atoms with Crippen molar-refractivity contribution in [2.75, 3.05) is 31.6 Å². The number of urea groups is 1. The Morgan fingerprint density at radius 2 is 2.47 bits per heavy atom. The van der Waals surface area contributed by atoms with Crippen LogP contribution in [0.25, 0.3) is 0 Å². The Labute approximate surface area is 115 Å². The quantitative estimate of drug-likeness (QED) is 0.847. The van der Waals surface area contributed by atoms with Crippen LogP contribution in [0.2, 0.25) is 0 Å². The number of rotatable bonds is 3. The number of carbonyl (C=O) groups is 2. The molecule has 2 N–H and O–H groups in total. The second kappa shape index (κ2) is 6.48. The topological polar surface area (TPSA) is 83.6 Å². The Bertz CT molecular complexity index is 437. The van der Waals surface area contributed by atoms with E-state index in [4.69, 9.17) is 4.74 Å². The van der Waals surface area contributed by atoms with Crippen LogP contribution in [-0.2, 0) is 9.53 Å². The van der Waals surface area contributed by atoms with Crippen LogP contribution in [0.4, 0.5) is 9.93 Å². The molecule has 1 atom stereocenters. The van der Waals surface area contributed by atoms with Crippen LogP contribution < -0.4 is 10.6 Å². The summed E-state index contributed by atoms with van der Waals surface area (Å²) in [5, 5.41) is 7.79. The van der Waals surface area contributed by atoms with Crippen LogP contribution >= 0.6 is 11.3 Å². The van der Waals surface area contributed by atoms with Gasteiger partial charge in [0.15, 0.2) is 5.13 Å². The lowest BCUT2D eigenvalue weighted by Gasteiger charge is -2.32. The van der Waals surface area contributed by atoms with Crippen molar-refractivity contribution in [3.8, 4) is 0 Å². The number of anilines is 1. The van der Waals surface area contributed by atoms with E-state index in [-0.39, 0.29) is 18.0 Å². The fourth-order valence-corrected chi connectivity index (χ4v) is 2.26. The first-order chi connectivity index (χ1) is 9.15. The maximum absolute atomic E-state index is 12.0. The molecule has 8 heteroatoms. The molecule has 1 unspecified atom stereocenters. The van der Waals surface area contributed by atoms with E-state index in [0.717, 1.165) is 0 Å². The van der Waals surface area contributed by atoms with Crippen molar-refractivity contribution in [1.82, 2.24) is 15.2 Å². The molecule has 1 fully saturated rings. The van der Waals surface area contributed by atoms with Gasteiger partial charge >= 0.3 is 6.03 Å². The molecule has 7 nitrogen and oxygen atoms in total. The Hall–Kier alpha value is -1.67. The number of thiazole rings is 1. The summed E-state index contributed by atoms with van der Waals surface area (Å²) >= 11 is 1.37.